The summed E-state index contributed by atoms with van der Waals surface area (Å²) in [5.74, 6) is -0.657. The average Bonchev–Trinajstić information content (AvgIpc) is 2.78. The summed E-state index contributed by atoms with van der Waals surface area (Å²) in [6, 6.07) is 27.2. The lowest BCUT2D eigenvalue weighted by Crippen LogP contribution is -2.43. The lowest BCUT2D eigenvalue weighted by molar-refractivity contribution is -0.145. The predicted molar refractivity (Wildman–Crippen MR) is 119 cm³/mol. The minimum Gasteiger partial charge on any atom is -0.467 e. The summed E-state index contributed by atoms with van der Waals surface area (Å²) in [5.41, 5.74) is 1.90. The van der Waals surface area contributed by atoms with E-state index in [0.29, 0.717) is 6.42 Å². The van der Waals surface area contributed by atoms with Crippen LogP contribution in [-0.4, -0.2) is 25.0 Å². The molecule has 1 atom stereocenters. The molecule has 0 heterocycles. The third kappa shape index (κ3) is 4.33. The average molecular weight is 397 g/mol. The fraction of sp³-hybridized carbons (Fsp3) is 0.154. The first-order valence-electron chi connectivity index (χ1n) is 9.95. The van der Waals surface area contributed by atoms with Crippen LogP contribution in [0.5, 0.6) is 0 Å². The van der Waals surface area contributed by atoms with Crippen LogP contribution in [0.1, 0.15) is 11.1 Å². The van der Waals surface area contributed by atoms with E-state index in [0.717, 1.165) is 32.7 Å². The molecule has 1 N–H and O–H groups in total. The molecule has 4 aromatic carbocycles. The monoisotopic (exact) mass is 397 g/mol. The zero-order valence-electron chi connectivity index (χ0n) is 16.8. The standard InChI is InChI=1S/C26H23NO3/c1-30-26(29)24(17-22-11-6-10-20-8-4-5-12-23(20)22)27-25(28)16-18-13-14-19-7-2-3-9-21(19)15-18/h2-15,24H,16-17H2,1H3,(H,27,28)/t24-/m1/s1. The van der Waals surface area contributed by atoms with Gasteiger partial charge in [0.15, 0.2) is 0 Å². The van der Waals surface area contributed by atoms with Crippen molar-refractivity contribution in [1.29, 1.82) is 0 Å². The van der Waals surface area contributed by atoms with Gasteiger partial charge >= 0.3 is 5.97 Å². The third-order valence-corrected chi connectivity index (χ3v) is 5.30. The quantitative estimate of drug-likeness (QED) is 0.490. The second kappa shape index (κ2) is 8.78. The Morgan fingerprint density at radius 1 is 0.833 bits per heavy atom. The van der Waals surface area contributed by atoms with Gasteiger partial charge in [-0.3, -0.25) is 4.79 Å². The third-order valence-electron chi connectivity index (χ3n) is 5.30. The number of carbonyl (C=O) groups excluding carboxylic acids is 2. The smallest absolute Gasteiger partial charge is 0.328 e. The molecule has 0 fully saturated rings. The number of esters is 1. The molecule has 4 aromatic rings. The number of fused-ring (bicyclic) bond motifs is 2. The van der Waals surface area contributed by atoms with Crippen LogP contribution in [0.2, 0.25) is 0 Å². The number of ether oxygens (including phenoxy) is 1. The Bertz CT molecular complexity index is 1210. The van der Waals surface area contributed by atoms with Crippen LogP contribution >= 0.6 is 0 Å². The van der Waals surface area contributed by atoms with Crippen molar-refractivity contribution < 1.29 is 14.3 Å². The molecule has 0 saturated heterocycles. The summed E-state index contributed by atoms with van der Waals surface area (Å²) in [7, 11) is 1.34. The zero-order chi connectivity index (χ0) is 20.9. The summed E-state index contributed by atoms with van der Waals surface area (Å²) in [5, 5.41) is 7.25. The second-order valence-electron chi connectivity index (χ2n) is 7.34. The van der Waals surface area contributed by atoms with Gasteiger partial charge in [-0.15, -0.1) is 0 Å². The molecule has 0 radical (unpaired) electrons. The van der Waals surface area contributed by atoms with E-state index in [1.165, 1.54) is 7.11 Å². The fourth-order valence-electron chi connectivity index (χ4n) is 3.81. The van der Waals surface area contributed by atoms with Gasteiger partial charge in [-0.1, -0.05) is 84.9 Å². The van der Waals surface area contributed by atoms with Crippen molar-refractivity contribution >= 4 is 33.4 Å². The van der Waals surface area contributed by atoms with Crippen molar-refractivity contribution in [3.05, 3.63) is 96.1 Å². The molecule has 0 bridgehead atoms. The van der Waals surface area contributed by atoms with Crippen LogP contribution in [-0.2, 0) is 27.2 Å². The van der Waals surface area contributed by atoms with Crippen LogP contribution in [0.25, 0.3) is 21.5 Å². The molecule has 1 amide bonds. The number of nitrogens with one attached hydrogen (secondary N) is 1. The highest BCUT2D eigenvalue weighted by Crippen LogP contribution is 2.20. The lowest BCUT2D eigenvalue weighted by atomic mass is 9.98. The van der Waals surface area contributed by atoms with E-state index in [4.69, 9.17) is 4.74 Å². The Labute approximate surface area is 175 Å². The maximum Gasteiger partial charge on any atom is 0.328 e. The maximum absolute atomic E-state index is 12.7. The topological polar surface area (TPSA) is 55.4 Å². The summed E-state index contributed by atoms with van der Waals surface area (Å²) in [6.07, 6.45) is 0.575. The van der Waals surface area contributed by atoms with Crippen LogP contribution in [0, 0.1) is 0 Å². The molecule has 4 heteroatoms. The highest BCUT2D eigenvalue weighted by molar-refractivity contribution is 5.89. The SMILES string of the molecule is COC(=O)[C@@H](Cc1cccc2ccccc12)NC(=O)Cc1ccc2ccccc2c1. The Morgan fingerprint density at radius 2 is 1.53 bits per heavy atom. The Morgan fingerprint density at radius 3 is 2.33 bits per heavy atom. The molecule has 0 aromatic heterocycles. The van der Waals surface area contributed by atoms with Gasteiger partial charge < -0.3 is 10.1 Å². The number of hydrogen-bond donors (Lipinski definition) is 1. The summed E-state index contributed by atoms with van der Waals surface area (Å²) < 4.78 is 4.95. The van der Waals surface area contributed by atoms with Crippen molar-refractivity contribution in [1.82, 2.24) is 5.32 Å². The Balaban J connectivity index is 1.52. The minimum absolute atomic E-state index is 0.202. The van der Waals surface area contributed by atoms with Gasteiger partial charge in [-0.05, 0) is 32.7 Å². The van der Waals surface area contributed by atoms with Gasteiger partial charge in [-0.25, -0.2) is 4.79 Å². The minimum atomic E-state index is -0.742. The number of amides is 1. The van der Waals surface area contributed by atoms with Crippen molar-refractivity contribution in [2.24, 2.45) is 0 Å². The van der Waals surface area contributed by atoms with E-state index >= 15 is 0 Å². The van der Waals surface area contributed by atoms with Gasteiger partial charge in [-0.2, -0.15) is 0 Å². The van der Waals surface area contributed by atoms with Crippen LogP contribution < -0.4 is 5.32 Å². The summed E-state index contributed by atoms with van der Waals surface area (Å²) in [4.78, 5) is 25.1. The molecule has 0 unspecified atom stereocenters. The Kier molecular flexibility index (Phi) is 5.75. The lowest BCUT2D eigenvalue weighted by Gasteiger charge is -2.18. The van der Waals surface area contributed by atoms with Gasteiger partial charge in [0.05, 0.1) is 13.5 Å². The molecule has 0 aliphatic heterocycles. The van der Waals surface area contributed by atoms with Gasteiger partial charge in [0.1, 0.15) is 6.04 Å². The van der Waals surface area contributed by atoms with Crippen LogP contribution in [0.15, 0.2) is 84.9 Å². The predicted octanol–water partition coefficient (Wildman–Crippen LogP) is 4.44. The van der Waals surface area contributed by atoms with Crippen molar-refractivity contribution in [3.8, 4) is 0 Å². The molecule has 30 heavy (non-hydrogen) atoms. The van der Waals surface area contributed by atoms with Crippen molar-refractivity contribution in [3.63, 3.8) is 0 Å². The molecule has 150 valence electrons. The van der Waals surface area contributed by atoms with Gasteiger partial charge in [0.2, 0.25) is 5.91 Å². The largest absolute Gasteiger partial charge is 0.467 e. The molecule has 0 saturated carbocycles. The molecule has 0 spiro atoms. The number of hydrogen-bond acceptors (Lipinski definition) is 3. The fourth-order valence-corrected chi connectivity index (χ4v) is 3.81. The second-order valence-corrected chi connectivity index (χ2v) is 7.34. The normalized spacial score (nSPS) is 11.9. The van der Waals surface area contributed by atoms with E-state index in [1.54, 1.807) is 0 Å². The van der Waals surface area contributed by atoms with E-state index in [9.17, 15) is 9.59 Å². The Hall–Kier alpha value is -3.66. The first-order chi connectivity index (χ1) is 14.6. The first kappa shape index (κ1) is 19.6. The van der Waals surface area contributed by atoms with Gasteiger partial charge in [0.25, 0.3) is 0 Å². The van der Waals surface area contributed by atoms with Crippen molar-refractivity contribution in [2.75, 3.05) is 7.11 Å². The molecular formula is C26H23NO3. The number of rotatable bonds is 6. The number of benzene rings is 4. The number of carbonyl (C=O) groups is 2. The maximum atomic E-state index is 12.7. The van der Waals surface area contributed by atoms with E-state index in [1.807, 2.05) is 84.9 Å². The highest BCUT2D eigenvalue weighted by Gasteiger charge is 2.23. The van der Waals surface area contributed by atoms with E-state index < -0.39 is 12.0 Å². The highest BCUT2D eigenvalue weighted by atomic mass is 16.5. The molecular weight excluding hydrogens is 374 g/mol. The van der Waals surface area contributed by atoms with Gasteiger partial charge in [0, 0.05) is 6.42 Å². The van der Waals surface area contributed by atoms with Crippen molar-refractivity contribution in [2.45, 2.75) is 18.9 Å². The first-order valence-corrected chi connectivity index (χ1v) is 9.95. The van der Waals surface area contributed by atoms with Crippen LogP contribution in [0.4, 0.5) is 0 Å². The summed E-state index contributed by atoms with van der Waals surface area (Å²) >= 11 is 0. The van der Waals surface area contributed by atoms with E-state index in [2.05, 4.69) is 5.32 Å². The summed E-state index contributed by atoms with van der Waals surface area (Å²) in [6.45, 7) is 0. The van der Waals surface area contributed by atoms with E-state index in [-0.39, 0.29) is 12.3 Å². The van der Waals surface area contributed by atoms with Crippen LogP contribution in [0.3, 0.4) is 0 Å². The molecule has 0 aliphatic rings. The zero-order valence-corrected chi connectivity index (χ0v) is 16.8. The molecule has 4 nitrogen and oxygen atoms in total. The molecule has 4 rings (SSSR count). The molecule has 0 aliphatic carbocycles. The number of methoxy groups -OCH3 is 1.